The Labute approximate surface area is 111 Å². The lowest BCUT2D eigenvalue weighted by Crippen LogP contribution is -2.21. The van der Waals surface area contributed by atoms with Gasteiger partial charge in [0.05, 0.1) is 17.3 Å². The van der Waals surface area contributed by atoms with Crippen LogP contribution in [-0.2, 0) is 15.9 Å². The molecule has 7 nitrogen and oxygen atoms in total. The molecular formula is C12H17N3O4. The number of aliphatic imine (C=N–C) groups is 1. The van der Waals surface area contributed by atoms with Crippen LogP contribution in [0.3, 0.4) is 0 Å². The number of non-ortho nitro benzene ring substituents is 1. The summed E-state index contributed by atoms with van der Waals surface area (Å²) in [6, 6.07) is 6.29. The third-order valence-electron chi connectivity index (χ3n) is 2.48. The highest BCUT2D eigenvalue weighted by molar-refractivity contribution is 5.82. The van der Waals surface area contributed by atoms with E-state index in [1.165, 1.54) is 26.4 Å². The van der Waals surface area contributed by atoms with Crippen LogP contribution in [0.1, 0.15) is 5.56 Å². The van der Waals surface area contributed by atoms with Crippen LogP contribution in [-0.4, -0.2) is 37.8 Å². The zero-order chi connectivity index (χ0) is 14.3. The molecule has 0 saturated heterocycles. The normalized spacial score (nSPS) is 11.8. The quantitative estimate of drug-likeness (QED) is 0.262. The Hall–Kier alpha value is -1.99. The second-order valence-electron chi connectivity index (χ2n) is 3.84. The zero-order valence-electron chi connectivity index (χ0n) is 10.9. The molecule has 0 aromatic heterocycles. The van der Waals surface area contributed by atoms with Gasteiger partial charge in [-0.1, -0.05) is 12.1 Å². The molecule has 0 aliphatic rings. The summed E-state index contributed by atoms with van der Waals surface area (Å²) in [4.78, 5) is 14.3. The summed E-state index contributed by atoms with van der Waals surface area (Å²) in [6.45, 7) is 0.285. The molecule has 0 unspecified atom stereocenters. The fraction of sp³-hybridized carbons (Fsp3) is 0.417. The average molecular weight is 267 g/mol. The van der Waals surface area contributed by atoms with Gasteiger partial charge in [-0.3, -0.25) is 15.1 Å². The predicted octanol–water partition coefficient (Wildman–Crippen LogP) is 1.11. The first-order valence-corrected chi connectivity index (χ1v) is 5.64. The molecule has 0 amide bonds. The van der Waals surface area contributed by atoms with Crippen molar-refractivity contribution < 1.29 is 14.4 Å². The van der Waals surface area contributed by atoms with E-state index in [1.54, 1.807) is 12.1 Å². The van der Waals surface area contributed by atoms with Crippen molar-refractivity contribution >= 4 is 11.5 Å². The van der Waals surface area contributed by atoms with Crippen molar-refractivity contribution in [1.82, 2.24) is 0 Å². The topological polar surface area (TPSA) is 100.0 Å². The third kappa shape index (κ3) is 5.02. The Bertz CT molecular complexity index is 458. The van der Waals surface area contributed by atoms with E-state index in [0.29, 0.717) is 12.3 Å². The maximum atomic E-state index is 10.6. The van der Waals surface area contributed by atoms with E-state index < -0.39 is 11.2 Å². The average Bonchev–Trinajstić information content (AvgIpc) is 2.40. The fourth-order valence-electron chi connectivity index (χ4n) is 1.48. The molecule has 0 radical (unpaired) electrons. The van der Waals surface area contributed by atoms with Gasteiger partial charge in [0.1, 0.15) is 0 Å². The van der Waals surface area contributed by atoms with E-state index in [4.69, 9.17) is 15.2 Å². The van der Waals surface area contributed by atoms with Crippen LogP contribution in [0, 0.1) is 10.1 Å². The maximum absolute atomic E-state index is 10.6. The SMILES string of the molecule is COC(CN=C(N)Cc1cccc([N+](=O)[O-])c1)OC. The third-order valence-corrected chi connectivity index (χ3v) is 2.48. The predicted molar refractivity (Wildman–Crippen MR) is 71.1 cm³/mol. The Morgan fingerprint density at radius 2 is 2.16 bits per heavy atom. The van der Waals surface area contributed by atoms with Crippen LogP contribution in [0.5, 0.6) is 0 Å². The van der Waals surface area contributed by atoms with Crippen molar-refractivity contribution in [2.45, 2.75) is 12.7 Å². The largest absolute Gasteiger partial charge is 0.387 e. The molecule has 0 heterocycles. The first kappa shape index (κ1) is 15.1. The maximum Gasteiger partial charge on any atom is 0.269 e. The van der Waals surface area contributed by atoms with Crippen LogP contribution < -0.4 is 5.73 Å². The first-order chi connectivity index (χ1) is 9.06. The summed E-state index contributed by atoms with van der Waals surface area (Å²) in [5, 5.41) is 10.6. The van der Waals surface area contributed by atoms with Crippen molar-refractivity contribution in [3.63, 3.8) is 0 Å². The first-order valence-electron chi connectivity index (χ1n) is 5.64. The van der Waals surface area contributed by atoms with Crippen LogP contribution in [0.2, 0.25) is 0 Å². The molecule has 0 saturated carbocycles. The van der Waals surface area contributed by atoms with E-state index in [2.05, 4.69) is 4.99 Å². The van der Waals surface area contributed by atoms with Crippen LogP contribution in [0.4, 0.5) is 5.69 Å². The van der Waals surface area contributed by atoms with Crippen molar-refractivity contribution in [2.75, 3.05) is 20.8 Å². The minimum absolute atomic E-state index is 0.0389. The number of hydrogen-bond donors (Lipinski definition) is 1. The molecule has 7 heteroatoms. The van der Waals surface area contributed by atoms with E-state index in [1.807, 2.05) is 0 Å². The van der Waals surface area contributed by atoms with Crippen LogP contribution >= 0.6 is 0 Å². The smallest absolute Gasteiger partial charge is 0.269 e. The molecule has 0 spiro atoms. The number of nitrogens with two attached hydrogens (primary N) is 1. The van der Waals surface area contributed by atoms with Gasteiger partial charge in [0, 0.05) is 32.8 Å². The lowest BCUT2D eigenvalue weighted by molar-refractivity contribution is -0.384. The molecule has 0 aliphatic heterocycles. The number of methoxy groups -OCH3 is 2. The summed E-state index contributed by atoms with van der Waals surface area (Å²) >= 11 is 0. The van der Waals surface area contributed by atoms with Gasteiger partial charge >= 0.3 is 0 Å². The number of hydrogen-bond acceptors (Lipinski definition) is 5. The minimum Gasteiger partial charge on any atom is -0.387 e. The van der Waals surface area contributed by atoms with E-state index in [-0.39, 0.29) is 12.2 Å². The molecule has 1 aromatic carbocycles. The van der Waals surface area contributed by atoms with Crippen molar-refractivity contribution in [3.05, 3.63) is 39.9 Å². The van der Waals surface area contributed by atoms with Gasteiger partial charge in [0.25, 0.3) is 5.69 Å². The van der Waals surface area contributed by atoms with Gasteiger partial charge in [0.15, 0.2) is 6.29 Å². The van der Waals surface area contributed by atoms with Crippen molar-refractivity contribution in [3.8, 4) is 0 Å². The number of nitro groups is 1. The number of amidine groups is 1. The summed E-state index contributed by atoms with van der Waals surface area (Å²) < 4.78 is 9.95. The molecular weight excluding hydrogens is 250 g/mol. The van der Waals surface area contributed by atoms with Crippen LogP contribution in [0.25, 0.3) is 0 Å². The molecule has 1 rings (SSSR count). The number of benzene rings is 1. The molecule has 0 bridgehead atoms. The summed E-state index contributed by atoms with van der Waals surface area (Å²) in [5.74, 6) is 0.375. The second-order valence-corrected chi connectivity index (χ2v) is 3.84. The van der Waals surface area contributed by atoms with Gasteiger partial charge in [-0.05, 0) is 5.56 Å². The van der Waals surface area contributed by atoms with E-state index in [0.717, 1.165) is 5.56 Å². The van der Waals surface area contributed by atoms with E-state index >= 15 is 0 Å². The fourth-order valence-corrected chi connectivity index (χ4v) is 1.48. The van der Waals surface area contributed by atoms with Gasteiger partial charge in [-0.25, -0.2) is 0 Å². The lowest BCUT2D eigenvalue weighted by atomic mass is 10.1. The molecule has 0 aliphatic carbocycles. The highest BCUT2D eigenvalue weighted by Gasteiger charge is 2.07. The number of nitrogens with zero attached hydrogens (tertiary/aromatic N) is 2. The minimum atomic E-state index is -0.442. The summed E-state index contributed by atoms with van der Waals surface area (Å²) in [7, 11) is 3.03. The molecule has 104 valence electrons. The van der Waals surface area contributed by atoms with Crippen molar-refractivity contribution in [1.29, 1.82) is 0 Å². The number of nitro benzene ring substituents is 1. The van der Waals surface area contributed by atoms with Crippen molar-refractivity contribution in [2.24, 2.45) is 10.7 Å². The Balaban J connectivity index is 2.65. The lowest BCUT2D eigenvalue weighted by Gasteiger charge is -2.10. The standard InChI is InChI=1S/C12H17N3O4/c1-18-12(19-2)8-14-11(13)7-9-4-3-5-10(6-9)15(16)17/h3-6,12H,7-8H2,1-2H3,(H2,13,14). The van der Waals surface area contributed by atoms with Crippen LogP contribution in [0.15, 0.2) is 29.3 Å². The Kier molecular flexibility index (Phi) is 5.91. The monoisotopic (exact) mass is 267 g/mol. The summed E-state index contributed by atoms with van der Waals surface area (Å²) in [5.41, 5.74) is 6.54. The second kappa shape index (κ2) is 7.45. The highest BCUT2D eigenvalue weighted by atomic mass is 16.7. The zero-order valence-corrected chi connectivity index (χ0v) is 10.9. The van der Waals surface area contributed by atoms with Gasteiger partial charge in [-0.2, -0.15) is 0 Å². The van der Waals surface area contributed by atoms with E-state index in [9.17, 15) is 10.1 Å². The molecule has 2 N–H and O–H groups in total. The number of ether oxygens (including phenoxy) is 2. The Morgan fingerprint density at radius 3 is 2.74 bits per heavy atom. The molecule has 1 aromatic rings. The van der Waals surface area contributed by atoms with Gasteiger partial charge < -0.3 is 15.2 Å². The summed E-state index contributed by atoms with van der Waals surface area (Å²) in [6.07, 6.45) is -0.0920. The molecule has 0 fully saturated rings. The molecule has 19 heavy (non-hydrogen) atoms. The molecule has 0 atom stereocenters. The Morgan fingerprint density at radius 1 is 1.47 bits per heavy atom. The van der Waals surface area contributed by atoms with Gasteiger partial charge in [0.2, 0.25) is 0 Å². The highest BCUT2D eigenvalue weighted by Crippen LogP contribution is 2.13. The number of rotatable bonds is 7. The van der Waals surface area contributed by atoms with Gasteiger partial charge in [-0.15, -0.1) is 0 Å².